The second-order valence-corrected chi connectivity index (χ2v) is 8.78. The van der Waals surface area contributed by atoms with Crippen LogP contribution in [0.25, 0.3) is 0 Å². The normalized spacial score (nSPS) is 33.1. The fourth-order valence-corrected chi connectivity index (χ4v) is 5.55. The maximum atomic E-state index is 12.9. The average Bonchev–Trinajstić information content (AvgIpc) is 2.50. The predicted molar refractivity (Wildman–Crippen MR) is 90.1 cm³/mol. The Kier molecular flexibility index (Phi) is 3.08. The number of ether oxygens (including phenoxy) is 1. The molecule has 2 aliphatic heterocycles. The molecule has 2 aliphatic carbocycles. The molecule has 1 spiro atoms. The molecule has 4 aliphatic rings. The van der Waals surface area contributed by atoms with Gasteiger partial charge in [-0.2, -0.15) is 0 Å². The fourth-order valence-electron chi connectivity index (χ4n) is 5.55. The van der Waals surface area contributed by atoms with E-state index in [9.17, 15) is 15.0 Å². The summed E-state index contributed by atoms with van der Waals surface area (Å²) in [6.45, 7) is 8.40. The number of hydrogen-bond acceptors (Lipinski definition) is 4. The van der Waals surface area contributed by atoms with Crippen LogP contribution in [0.1, 0.15) is 82.1 Å². The third kappa shape index (κ3) is 1.72. The van der Waals surface area contributed by atoms with Gasteiger partial charge in [0.15, 0.2) is 11.5 Å². The van der Waals surface area contributed by atoms with Crippen LogP contribution in [-0.4, -0.2) is 16.2 Å². The summed E-state index contributed by atoms with van der Waals surface area (Å²) >= 11 is 0. The molecule has 0 radical (unpaired) electrons. The van der Waals surface area contributed by atoms with E-state index in [0.29, 0.717) is 12.0 Å². The van der Waals surface area contributed by atoms with Gasteiger partial charge in [-0.25, -0.2) is 0 Å². The minimum Gasteiger partial charge on any atom is -0.504 e. The molecule has 5 rings (SSSR count). The highest BCUT2D eigenvalue weighted by Crippen LogP contribution is 2.66. The number of benzene rings is 1. The van der Waals surface area contributed by atoms with Crippen LogP contribution in [0.3, 0.4) is 0 Å². The molecule has 1 saturated heterocycles. The Labute approximate surface area is 142 Å². The van der Waals surface area contributed by atoms with Crippen molar-refractivity contribution in [3.05, 3.63) is 22.8 Å². The van der Waals surface area contributed by atoms with Crippen molar-refractivity contribution in [2.45, 2.75) is 70.8 Å². The van der Waals surface area contributed by atoms with Gasteiger partial charge in [0.25, 0.3) is 0 Å². The Hall–Kier alpha value is -1.71. The van der Waals surface area contributed by atoms with Gasteiger partial charge in [0.05, 0.1) is 0 Å². The van der Waals surface area contributed by atoms with Crippen LogP contribution in [0.2, 0.25) is 0 Å². The zero-order chi connectivity index (χ0) is 17.4. The summed E-state index contributed by atoms with van der Waals surface area (Å²) in [5.74, 6) is -0.141. The van der Waals surface area contributed by atoms with Gasteiger partial charge in [-0.1, -0.05) is 34.1 Å². The minimum atomic E-state index is -0.803. The van der Waals surface area contributed by atoms with Gasteiger partial charge in [-0.3, -0.25) is 4.79 Å². The lowest BCUT2D eigenvalue weighted by atomic mass is 9.47. The molecule has 1 aromatic rings. The fraction of sp³-hybridized carbons (Fsp3) is 0.650. The maximum absolute atomic E-state index is 12.9. The van der Waals surface area contributed by atoms with Crippen molar-refractivity contribution in [1.82, 2.24) is 0 Å². The summed E-state index contributed by atoms with van der Waals surface area (Å²) in [6, 6.07) is 1.95. The van der Waals surface area contributed by atoms with Crippen LogP contribution in [0.5, 0.6) is 11.5 Å². The number of hydrogen-bond donors (Lipinski definition) is 2. The summed E-state index contributed by atoms with van der Waals surface area (Å²) < 4.78 is 5.76. The molecule has 0 unspecified atom stereocenters. The Morgan fingerprint density at radius 3 is 2.58 bits per heavy atom. The highest BCUT2D eigenvalue weighted by molar-refractivity contribution is 5.89. The molecule has 4 nitrogen and oxygen atoms in total. The second-order valence-electron chi connectivity index (χ2n) is 8.78. The van der Waals surface area contributed by atoms with E-state index in [0.717, 1.165) is 30.4 Å². The van der Waals surface area contributed by atoms with Crippen molar-refractivity contribution in [2.24, 2.45) is 11.3 Å². The highest BCUT2D eigenvalue weighted by Gasteiger charge is 2.65. The molecule has 2 N–H and O–H groups in total. The minimum absolute atomic E-state index is 0.0202. The monoisotopic (exact) mass is 330 g/mol. The number of carbonyl (C=O) groups is 1. The predicted octanol–water partition coefficient (Wildman–Crippen LogP) is 4.29. The van der Waals surface area contributed by atoms with Crippen molar-refractivity contribution < 1.29 is 19.7 Å². The molecular formula is C20H26O4. The first-order chi connectivity index (χ1) is 11.2. The topological polar surface area (TPSA) is 66.8 Å². The lowest BCUT2D eigenvalue weighted by molar-refractivity contribution is -0.185. The SMILES string of the molecule is CC(C)c1cc2c(c(O)c1O)[C@@]13CCCC(C)(C)[C@H]1C[C@@H]2OC3=O. The first-order valence-electron chi connectivity index (χ1n) is 9.00. The van der Waals surface area contributed by atoms with Crippen LogP contribution in [-0.2, 0) is 14.9 Å². The molecule has 2 bridgehead atoms. The smallest absolute Gasteiger partial charge is 0.317 e. The third-order valence-electron chi connectivity index (χ3n) is 6.74. The van der Waals surface area contributed by atoms with Gasteiger partial charge >= 0.3 is 5.97 Å². The van der Waals surface area contributed by atoms with Gasteiger partial charge in [-0.05, 0) is 42.6 Å². The standard InChI is InChI=1S/C20H26O4/c1-10(2)11-8-12-13-9-14-19(3,4)6-5-7-20(14,18(23)24-13)15(12)17(22)16(11)21/h8,10,13-14,21-22H,5-7,9H2,1-4H3/t13-,14+,20+/m0/s1. The molecule has 1 aromatic carbocycles. The van der Waals surface area contributed by atoms with E-state index in [1.165, 1.54) is 0 Å². The Morgan fingerprint density at radius 1 is 1.21 bits per heavy atom. The lowest BCUT2D eigenvalue weighted by Crippen LogP contribution is -2.59. The quantitative estimate of drug-likeness (QED) is 0.595. The van der Waals surface area contributed by atoms with Gasteiger partial charge in [-0.15, -0.1) is 0 Å². The Morgan fingerprint density at radius 2 is 1.92 bits per heavy atom. The number of rotatable bonds is 1. The molecule has 1 saturated carbocycles. The molecule has 24 heavy (non-hydrogen) atoms. The van der Waals surface area contributed by atoms with Gasteiger partial charge in [0.2, 0.25) is 0 Å². The van der Waals surface area contributed by atoms with Crippen molar-refractivity contribution in [3.8, 4) is 11.5 Å². The largest absolute Gasteiger partial charge is 0.504 e. The number of phenolic OH excluding ortho intramolecular Hbond substituents is 2. The number of carbonyl (C=O) groups excluding carboxylic acids is 1. The first kappa shape index (κ1) is 15.8. The van der Waals surface area contributed by atoms with Crippen LogP contribution in [0.15, 0.2) is 6.07 Å². The van der Waals surface area contributed by atoms with E-state index in [2.05, 4.69) is 13.8 Å². The molecule has 4 heteroatoms. The van der Waals surface area contributed by atoms with E-state index in [1.54, 1.807) is 0 Å². The Balaban J connectivity index is 2.02. The lowest BCUT2D eigenvalue weighted by Gasteiger charge is -2.58. The summed E-state index contributed by atoms with van der Waals surface area (Å²) in [6.07, 6.45) is 3.20. The van der Waals surface area contributed by atoms with Crippen LogP contribution in [0.4, 0.5) is 0 Å². The van der Waals surface area contributed by atoms with E-state index in [1.807, 2.05) is 19.9 Å². The Bertz CT molecular complexity index is 734. The highest BCUT2D eigenvalue weighted by atomic mass is 16.5. The van der Waals surface area contributed by atoms with Crippen molar-refractivity contribution in [1.29, 1.82) is 0 Å². The molecule has 0 amide bonds. The summed E-state index contributed by atoms with van der Waals surface area (Å²) in [5.41, 5.74) is 1.49. The van der Waals surface area contributed by atoms with E-state index >= 15 is 0 Å². The zero-order valence-electron chi connectivity index (χ0n) is 14.8. The summed E-state index contributed by atoms with van der Waals surface area (Å²) in [5, 5.41) is 21.4. The third-order valence-corrected chi connectivity index (χ3v) is 6.74. The molecule has 3 atom stereocenters. The van der Waals surface area contributed by atoms with Gasteiger partial charge < -0.3 is 14.9 Å². The molecular weight excluding hydrogens is 304 g/mol. The zero-order valence-corrected chi connectivity index (χ0v) is 14.8. The molecule has 130 valence electrons. The van der Waals surface area contributed by atoms with Crippen LogP contribution in [0, 0.1) is 11.3 Å². The molecule has 0 aromatic heterocycles. The van der Waals surface area contributed by atoms with Crippen molar-refractivity contribution in [3.63, 3.8) is 0 Å². The second kappa shape index (κ2) is 4.68. The maximum Gasteiger partial charge on any atom is 0.317 e. The molecule has 2 heterocycles. The van der Waals surface area contributed by atoms with E-state index in [4.69, 9.17) is 4.74 Å². The summed E-state index contributed by atoms with van der Waals surface area (Å²) in [7, 11) is 0. The number of fused-ring (bicyclic) bond motifs is 1. The average molecular weight is 330 g/mol. The summed E-state index contributed by atoms with van der Waals surface area (Å²) in [4.78, 5) is 12.9. The number of esters is 1. The van der Waals surface area contributed by atoms with E-state index < -0.39 is 5.41 Å². The van der Waals surface area contributed by atoms with Crippen LogP contribution < -0.4 is 0 Å². The van der Waals surface area contributed by atoms with Crippen molar-refractivity contribution in [2.75, 3.05) is 0 Å². The first-order valence-corrected chi connectivity index (χ1v) is 9.00. The number of aromatic hydroxyl groups is 2. The van der Waals surface area contributed by atoms with Crippen molar-refractivity contribution >= 4 is 5.97 Å². The number of phenols is 2. The van der Waals surface area contributed by atoms with Crippen LogP contribution >= 0.6 is 0 Å². The van der Waals surface area contributed by atoms with Gasteiger partial charge in [0, 0.05) is 16.7 Å². The molecule has 2 fully saturated rings. The van der Waals surface area contributed by atoms with Gasteiger partial charge in [0.1, 0.15) is 11.5 Å². The van der Waals surface area contributed by atoms with E-state index in [-0.39, 0.29) is 40.8 Å².